The first-order chi connectivity index (χ1) is 29.7. The molecule has 3 fully saturated rings. The Bertz CT molecular complexity index is 2040. The molecule has 0 radical (unpaired) electrons. The van der Waals surface area contributed by atoms with E-state index in [1.807, 2.05) is 71.6 Å². The third kappa shape index (κ3) is 11.4. The molecule has 0 unspecified atom stereocenters. The van der Waals surface area contributed by atoms with Crippen molar-refractivity contribution in [1.82, 2.24) is 20.9 Å². The predicted molar refractivity (Wildman–Crippen MR) is 233 cm³/mol. The molecule has 4 N–H and O–H groups in total. The second kappa shape index (κ2) is 20.6. The fourth-order valence-electron chi connectivity index (χ4n) is 8.37. The van der Waals surface area contributed by atoms with E-state index in [-0.39, 0.29) is 17.7 Å². The minimum absolute atomic E-state index is 0.205. The van der Waals surface area contributed by atoms with Gasteiger partial charge >= 0.3 is 12.2 Å². The van der Waals surface area contributed by atoms with Gasteiger partial charge in [0.05, 0.1) is 20.8 Å². The number of methoxy groups -OCH3 is 2. The fraction of sp³-hybridized carbons (Fsp3) is 0.478. The van der Waals surface area contributed by atoms with Gasteiger partial charge in [-0.05, 0) is 85.0 Å². The molecule has 0 spiro atoms. The average Bonchev–Trinajstić information content (AvgIpc) is 4.08. The van der Waals surface area contributed by atoms with E-state index in [0.717, 1.165) is 28.9 Å². The predicted octanol–water partition coefficient (Wildman–Crippen LogP) is 4.97. The number of amides is 6. The summed E-state index contributed by atoms with van der Waals surface area (Å²) in [5.41, 5.74) is 3.92. The van der Waals surface area contributed by atoms with Gasteiger partial charge in [-0.3, -0.25) is 24.5 Å². The number of carbonyl (C=O) groups excluding carboxylic acids is 6. The lowest BCUT2D eigenvalue weighted by molar-refractivity contribution is -0.139. The second-order valence-corrected chi connectivity index (χ2v) is 17.1. The Labute approximate surface area is 363 Å². The number of anilines is 3. The third-order valence-electron chi connectivity index (χ3n) is 11.7. The standard InChI is InChI=1S/C46H59N7O9/c1-46(2,3)39(49-45(59)61-5)42(56)50-41(55)36-13-9-24-52(36)35-21-17-31(18-22-35)28-51(34-11-7-6-8-12-34)27-30-15-19-33(20-16-30)47-40(54)37-14-10-25-53(37)43(57)38(48-44(58)60-4)32-23-26-62-29-32/h6-8,11-12,15-22,32,36-39H,9-10,13-14,23-29H2,1-5H3,(H,47,54)(H,48,58)(H,49,59)(H,50,55,56)/t32-,36-,37-,38-,39+/m0/s1. The van der Waals surface area contributed by atoms with E-state index in [1.165, 1.54) is 14.2 Å². The first kappa shape index (κ1) is 45.4. The van der Waals surface area contributed by atoms with E-state index >= 15 is 0 Å². The van der Waals surface area contributed by atoms with Crippen molar-refractivity contribution in [2.24, 2.45) is 11.3 Å². The number of benzene rings is 3. The number of hydrogen-bond acceptors (Lipinski definition) is 11. The number of ether oxygens (including phenoxy) is 3. The van der Waals surface area contributed by atoms with Crippen LogP contribution in [0.2, 0.25) is 0 Å². The molecule has 3 saturated heterocycles. The van der Waals surface area contributed by atoms with Gasteiger partial charge in [0.15, 0.2) is 0 Å². The van der Waals surface area contributed by atoms with Crippen molar-refractivity contribution >= 4 is 52.9 Å². The van der Waals surface area contributed by atoms with Gasteiger partial charge in [0.1, 0.15) is 24.2 Å². The number of likely N-dealkylation sites (tertiary alicyclic amines) is 1. The Kier molecular flexibility index (Phi) is 15.1. The summed E-state index contributed by atoms with van der Waals surface area (Å²) < 4.78 is 15.0. The molecule has 0 aliphatic carbocycles. The lowest BCUT2D eigenvalue weighted by Crippen LogP contribution is -2.57. The van der Waals surface area contributed by atoms with Crippen molar-refractivity contribution in [3.63, 3.8) is 0 Å². The quantitative estimate of drug-likeness (QED) is 0.172. The van der Waals surface area contributed by atoms with Crippen molar-refractivity contribution in [2.45, 2.75) is 90.1 Å². The van der Waals surface area contributed by atoms with Crippen molar-refractivity contribution in [1.29, 1.82) is 0 Å². The maximum absolute atomic E-state index is 13.7. The van der Waals surface area contributed by atoms with Crippen LogP contribution in [0.4, 0.5) is 26.7 Å². The number of carbonyl (C=O) groups is 6. The molecule has 0 saturated carbocycles. The molecule has 16 nitrogen and oxygen atoms in total. The van der Waals surface area contributed by atoms with E-state index in [0.29, 0.717) is 70.8 Å². The molecule has 3 aliphatic rings. The van der Waals surface area contributed by atoms with Gasteiger partial charge in [-0.25, -0.2) is 9.59 Å². The number of nitrogens with one attached hydrogen (secondary N) is 4. The average molecular weight is 854 g/mol. The Hall–Kier alpha value is -6.16. The van der Waals surface area contributed by atoms with E-state index < -0.39 is 53.6 Å². The molecule has 6 rings (SSSR count). The number of rotatable bonds is 14. The smallest absolute Gasteiger partial charge is 0.407 e. The second-order valence-electron chi connectivity index (χ2n) is 17.1. The van der Waals surface area contributed by atoms with Crippen LogP contribution in [0.15, 0.2) is 78.9 Å². The number of alkyl carbamates (subject to hydrolysis) is 2. The van der Waals surface area contributed by atoms with Crippen LogP contribution in [0.25, 0.3) is 0 Å². The van der Waals surface area contributed by atoms with Gasteiger partial charge in [-0.2, -0.15) is 0 Å². The first-order valence-corrected chi connectivity index (χ1v) is 21.2. The van der Waals surface area contributed by atoms with Crippen LogP contribution in [0.5, 0.6) is 0 Å². The molecule has 3 aliphatic heterocycles. The van der Waals surface area contributed by atoms with Crippen LogP contribution in [-0.2, 0) is 46.5 Å². The first-order valence-electron chi connectivity index (χ1n) is 21.2. The molecule has 5 atom stereocenters. The van der Waals surface area contributed by atoms with E-state index in [2.05, 4.69) is 38.3 Å². The van der Waals surface area contributed by atoms with E-state index in [1.54, 1.807) is 25.7 Å². The summed E-state index contributed by atoms with van der Waals surface area (Å²) in [5.74, 6) is -1.80. The van der Waals surface area contributed by atoms with Gasteiger partial charge in [0, 0.05) is 55.8 Å². The van der Waals surface area contributed by atoms with Crippen LogP contribution >= 0.6 is 0 Å². The van der Waals surface area contributed by atoms with Gasteiger partial charge in [-0.1, -0.05) is 63.2 Å². The Balaban J connectivity index is 1.08. The largest absolute Gasteiger partial charge is 0.453 e. The highest BCUT2D eigenvalue weighted by molar-refractivity contribution is 6.02. The minimum atomic E-state index is -0.970. The lowest BCUT2D eigenvalue weighted by Gasteiger charge is -2.31. The summed E-state index contributed by atoms with van der Waals surface area (Å²) in [6, 6.07) is 22.8. The van der Waals surface area contributed by atoms with Crippen molar-refractivity contribution in [3.05, 3.63) is 90.0 Å². The Morgan fingerprint density at radius 1 is 0.758 bits per heavy atom. The molecule has 16 heteroatoms. The van der Waals surface area contributed by atoms with Gasteiger partial charge in [0.2, 0.25) is 23.6 Å². The van der Waals surface area contributed by atoms with Gasteiger partial charge in [0.25, 0.3) is 0 Å². The van der Waals surface area contributed by atoms with E-state index in [4.69, 9.17) is 14.2 Å². The summed E-state index contributed by atoms with van der Waals surface area (Å²) >= 11 is 0. The zero-order valence-corrected chi connectivity index (χ0v) is 36.2. The molecule has 0 aromatic heterocycles. The molecule has 3 aromatic rings. The summed E-state index contributed by atoms with van der Waals surface area (Å²) in [5, 5.41) is 10.8. The Morgan fingerprint density at radius 3 is 1.98 bits per heavy atom. The highest BCUT2D eigenvalue weighted by atomic mass is 16.5. The minimum Gasteiger partial charge on any atom is -0.453 e. The number of hydrogen-bond donors (Lipinski definition) is 4. The van der Waals surface area contributed by atoms with Crippen molar-refractivity contribution < 1.29 is 43.0 Å². The SMILES string of the molecule is COC(=O)N[C@H](C(=O)N1CCC[C@H]1C(=O)Nc1ccc(CN(Cc2ccc(N3CCC[C@H]3C(=O)NC(=O)[C@@H](NC(=O)OC)C(C)(C)C)cc2)c2ccccc2)cc1)[C@H]1CCOC1. The van der Waals surface area contributed by atoms with Crippen LogP contribution in [-0.4, -0.2) is 105 Å². The monoisotopic (exact) mass is 853 g/mol. The number of nitrogens with zero attached hydrogens (tertiary/aromatic N) is 3. The van der Waals surface area contributed by atoms with Crippen LogP contribution < -0.4 is 31.1 Å². The van der Waals surface area contributed by atoms with Crippen molar-refractivity contribution in [3.8, 4) is 0 Å². The zero-order valence-electron chi connectivity index (χ0n) is 36.2. The molecular formula is C46H59N7O9. The Morgan fingerprint density at radius 2 is 1.37 bits per heavy atom. The number of imide groups is 1. The molecule has 3 aromatic carbocycles. The van der Waals surface area contributed by atoms with E-state index in [9.17, 15) is 28.8 Å². The highest BCUT2D eigenvalue weighted by Gasteiger charge is 2.42. The lowest BCUT2D eigenvalue weighted by atomic mass is 9.86. The molecule has 332 valence electrons. The van der Waals surface area contributed by atoms with Crippen molar-refractivity contribution in [2.75, 3.05) is 55.6 Å². The van der Waals surface area contributed by atoms with Gasteiger partial charge < -0.3 is 44.9 Å². The maximum atomic E-state index is 13.7. The summed E-state index contributed by atoms with van der Waals surface area (Å²) in [7, 11) is 2.47. The molecule has 3 heterocycles. The zero-order chi connectivity index (χ0) is 44.4. The third-order valence-corrected chi connectivity index (χ3v) is 11.7. The summed E-state index contributed by atoms with van der Waals surface area (Å²) in [6.07, 6.45) is 1.72. The highest BCUT2D eigenvalue weighted by Crippen LogP contribution is 2.29. The van der Waals surface area contributed by atoms with Crippen LogP contribution in [0, 0.1) is 11.3 Å². The maximum Gasteiger partial charge on any atom is 0.407 e. The van der Waals surface area contributed by atoms with Crippen LogP contribution in [0.3, 0.4) is 0 Å². The molecular weight excluding hydrogens is 795 g/mol. The molecule has 62 heavy (non-hydrogen) atoms. The topological polar surface area (TPSA) is 188 Å². The normalized spacial score (nSPS) is 19.5. The summed E-state index contributed by atoms with van der Waals surface area (Å²) in [4.78, 5) is 83.9. The van der Waals surface area contributed by atoms with Crippen LogP contribution in [0.1, 0.15) is 64.0 Å². The summed E-state index contributed by atoms with van der Waals surface area (Å²) in [6.45, 7) is 8.48. The molecule has 6 amide bonds. The number of para-hydroxylation sites is 1. The fourth-order valence-corrected chi connectivity index (χ4v) is 8.37. The van der Waals surface area contributed by atoms with Gasteiger partial charge in [-0.15, -0.1) is 0 Å². The molecule has 0 bridgehead atoms.